The molecule has 0 aliphatic carbocycles. The van der Waals surface area contributed by atoms with E-state index in [0.29, 0.717) is 6.20 Å². The monoisotopic (exact) mass is 371 g/mol. The van der Waals surface area contributed by atoms with Crippen molar-refractivity contribution in [2.45, 2.75) is 38.8 Å². The first-order valence-corrected chi connectivity index (χ1v) is 7.85. The van der Waals surface area contributed by atoms with Crippen molar-refractivity contribution in [3.8, 4) is 5.75 Å². The highest BCUT2D eigenvalue weighted by Gasteiger charge is 2.36. The molecule has 0 aliphatic heterocycles. The van der Waals surface area contributed by atoms with E-state index in [0.717, 1.165) is 11.6 Å². The first-order valence-electron chi connectivity index (χ1n) is 7.48. The zero-order chi connectivity index (χ0) is 19.0. The summed E-state index contributed by atoms with van der Waals surface area (Å²) in [5.41, 5.74) is -0.820. The number of aromatic nitrogens is 1. The fourth-order valence-corrected chi connectivity index (χ4v) is 2.51. The smallest absolute Gasteiger partial charge is 0.418 e. The van der Waals surface area contributed by atoms with Crippen molar-refractivity contribution >= 4 is 17.4 Å². The highest BCUT2D eigenvalue weighted by Crippen LogP contribution is 2.34. The van der Waals surface area contributed by atoms with Crippen molar-refractivity contribution in [1.29, 1.82) is 0 Å². The fourth-order valence-electron chi connectivity index (χ4n) is 2.35. The van der Waals surface area contributed by atoms with E-state index in [2.05, 4.69) is 4.98 Å². The van der Waals surface area contributed by atoms with Gasteiger partial charge in [0, 0.05) is 23.7 Å². The van der Waals surface area contributed by atoms with Gasteiger partial charge in [0.2, 0.25) is 0 Å². The Morgan fingerprint density at radius 2 is 1.84 bits per heavy atom. The van der Waals surface area contributed by atoms with Crippen LogP contribution in [0.2, 0.25) is 5.15 Å². The number of hydrogen-bond acceptors (Lipinski definition) is 3. The first kappa shape index (κ1) is 19.2. The van der Waals surface area contributed by atoms with Gasteiger partial charge in [-0.15, -0.1) is 0 Å². The molecule has 0 unspecified atom stereocenters. The molecule has 1 aromatic heterocycles. The van der Waals surface area contributed by atoms with E-state index in [1.165, 1.54) is 6.07 Å². The summed E-state index contributed by atoms with van der Waals surface area (Å²) in [5.74, 6) is -0.937. The van der Waals surface area contributed by atoms with E-state index in [9.17, 15) is 23.1 Å². The van der Waals surface area contributed by atoms with Gasteiger partial charge in [0.05, 0.1) is 5.56 Å². The lowest BCUT2D eigenvalue weighted by molar-refractivity contribution is -0.138. The van der Waals surface area contributed by atoms with E-state index in [-0.39, 0.29) is 28.3 Å². The molecule has 3 nitrogen and oxygen atoms in total. The molecule has 0 aliphatic rings. The average Bonchev–Trinajstić information content (AvgIpc) is 2.46. The van der Waals surface area contributed by atoms with Crippen molar-refractivity contribution in [1.82, 2.24) is 4.98 Å². The zero-order valence-corrected chi connectivity index (χ0v) is 14.7. The zero-order valence-electron chi connectivity index (χ0n) is 13.9. The second-order valence-corrected chi connectivity index (χ2v) is 7.13. The van der Waals surface area contributed by atoms with E-state index >= 15 is 0 Å². The lowest BCUT2D eigenvalue weighted by Crippen LogP contribution is -2.16. The Bertz CT molecular complexity index is 811. The van der Waals surface area contributed by atoms with Crippen molar-refractivity contribution in [3.63, 3.8) is 0 Å². The number of pyridine rings is 1. The number of phenols is 1. The number of halogens is 4. The maximum absolute atomic E-state index is 13.1. The van der Waals surface area contributed by atoms with Gasteiger partial charge < -0.3 is 5.11 Å². The van der Waals surface area contributed by atoms with Gasteiger partial charge in [-0.1, -0.05) is 44.5 Å². The van der Waals surface area contributed by atoms with Crippen LogP contribution in [0, 0.1) is 0 Å². The molecule has 0 fully saturated rings. The number of ketones is 1. The molecule has 2 rings (SSSR count). The van der Waals surface area contributed by atoms with Gasteiger partial charge in [-0.3, -0.25) is 4.79 Å². The molecule has 134 valence electrons. The predicted molar refractivity (Wildman–Crippen MR) is 89.1 cm³/mol. The number of Topliss-reactive ketones (excluding diaryl/α,β-unsaturated/α-hetero) is 1. The summed E-state index contributed by atoms with van der Waals surface area (Å²) in [6.07, 6.45) is -4.56. The third kappa shape index (κ3) is 4.51. The van der Waals surface area contributed by atoms with Crippen LogP contribution >= 0.6 is 11.6 Å². The van der Waals surface area contributed by atoms with Crippen molar-refractivity contribution in [2.24, 2.45) is 0 Å². The summed E-state index contributed by atoms with van der Waals surface area (Å²) in [6, 6.07) is 5.68. The number of rotatable bonds is 3. The molecule has 7 heteroatoms. The van der Waals surface area contributed by atoms with Gasteiger partial charge in [0.15, 0.2) is 5.78 Å². The molecular formula is C18H17ClF3NO2. The number of hydrogen-bond donors (Lipinski definition) is 1. The molecule has 0 amide bonds. The molecule has 1 aromatic carbocycles. The van der Waals surface area contributed by atoms with Gasteiger partial charge >= 0.3 is 6.18 Å². The lowest BCUT2D eigenvalue weighted by Gasteiger charge is -2.20. The highest BCUT2D eigenvalue weighted by molar-refractivity contribution is 6.29. The van der Waals surface area contributed by atoms with Crippen LogP contribution in [0.3, 0.4) is 0 Å². The fraction of sp³-hybridized carbons (Fsp3) is 0.333. The number of aromatic hydroxyl groups is 1. The summed E-state index contributed by atoms with van der Waals surface area (Å²) in [4.78, 5) is 15.9. The van der Waals surface area contributed by atoms with Gasteiger partial charge in [-0.25, -0.2) is 4.98 Å². The summed E-state index contributed by atoms with van der Waals surface area (Å²) in [5, 5.41) is 9.76. The molecule has 0 saturated heterocycles. The normalized spacial score (nSPS) is 12.3. The first-order chi connectivity index (χ1) is 11.4. The molecular weight excluding hydrogens is 355 g/mol. The molecule has 25 heavy (non-hydrogen) atoms. The molecule has 2 aromatic rings. The Morgan fingerprint density at radius 1 is 1.20 bits per heavy atom. The molecule has 0 atom stereocenters. The van der Waals surface area contributed by atoms with E-state index in [1.807, 2.05) is 20.8 Å². The van der Waals surface area contributed by atoms with Crippen LogP contribution in [-0.2, 0) is 18.0 Å². The van der Waals surface area contributed by atoms with Crippen LogP contribution in [0.4, 0.5) is 13.2 Å². The van der Waals surface area contributed by atoms with Gasteiger partial charge in [0.1, 0.15) is 10.9 Å². The minimum absolute atomic E-state index is 0.143. The van der Waals surface area contributed by atoms with Crippen molar-refractivity contribution < 1.29 is 23.1 Å². The Labute approximate surface area is 148 Å². The molecule has 0 saturated carbocycles. The topological polar surface area (TPSA) is 50.2 Å². The Balaban J connectivity index is 2.43. The lowest BCUT2D eigenvalue weighted by atomic mass is 9.85. The largest absolute Gasteiger partial charge is 0.508 e. The molecule has 0 spiro atoms. The average molecular weight is 372 g/mol. The predicted octanol–water partition coefficient (Wildman–Crippen LogP) is 5.18. The van der Waals surface area contributed by atoms with Crippen LogP contribution < -0.4 is 0 Å². The summed E-state index contributed by atoms with van der Waals surface area (Å²) in [6.45, 7) is 5.86. The van der Waals surface area contributed by atoms with Crippen LogP contribution in [0.25, 0.3) is 0 Å². The highest BCUT2D eigenvalue weighted by atomic mass is 35.5. The third-order valence-electron chi connectivity index (χ3n) is 3.77. The Morgan fingerprint density at radius 3 is 2.40 bits per heavy atom. The minimum Gasteiger partial charge on any atom is -0.508 e. The second kappa shape index (κ2) is 6.67. The number of phenolic OH excluding ortho intramolecular Hbond substituents is 1. The molecule has 1 heterocycles. The van der Waals surface area contributed by atoms with Crippen LogP contribution in [-0.4, -0.2) is 15.9 Å². The van der Waals surface area contributed by atoms with E-state index < -0.39 is 23.1 Å². The molecule has 0 bridgehead atoms. The number of benzene rings is 1. The van der Waals surface area contributed by atoms with E-state index in [1.54, 1.807) is 12.1 Å². The summed E-state index contributed by atoms with van der Waals surface area (Å²) < 4.78 is 39.3. The van der Waals surface area contributed by atoms with Gasteiger partial charge in [-0.05, 0) is 23.1 Å². The Kier molecular flexibility index (Phi) is 5.14. The van der Waals surface area contributed by atoms with Crippen LogP contribution in [0.5, 0.6) is 5.75 Å². The number of carbonyl (C=O) groups is 1. The van der Waals surface area contributed by atoms with Crippen LogP contribution in [0.1, 0.15) is 47.8 Å². The second-order valence-electron chi connectivity index (χ2n) is 6.74. The molecule has 0 radical (unpaired) electrons. The summed E-state index contributed by atoms with van der Waals surface area (Å²) >= 11 is 5.65. The summed E-state index contributed by atoms with van der Waals surface area (Å²) in [7, 11) is 0. The molecule has 1 N–H and O–H groups in total. The number of carbonyl (C=O) groups excluding carboxylic acids is 1. The standard InChI is InChI=1S/C18H17ClF3NO2/c1-17(2,3)11-4-5-14(24)10(6-11)7-15(25)12-8-16(19)23-9-13(12)18(20,21)22/h4-6,8-9,24H,7H2,1-3H3. The van der Waals surface area contributed by atoms with E-state index in [4.69, 9.17) is 11.6 Å². The van der Waals surface area contributed by atoms with Gasteiger partial charge in [-0.2, -0.15) is 13.2 Å². The SMILES string of the molecule is CC(C)(C)c1ccc(O)c(CC(=O)c2cc(Cl)ncc2C(F)(F)F)c1. The van der Waals surface area contributed by atoms with Crippen LogP contribution in [0.15, 0.2) is 30.5 Å². The number of nitrogens with zero attached hydrogens (tertiary/aromatic N) is 1. The number of alkyl halides is 3. The van der Waals surface area contributed by atoms with Crippen molar-refractivity contribution in [2.75, 3.05) is 0 Å². The Hall–Kier alpha value is -2.08. The minimum atomic E-state index is -4.72. The maximum atomic E-state index is 13.1. The maximum Gasteiger partial charge on any atom is 0.418 e. The quantitative estimate of drug-likeness (QED) is 0.597. The van der Waals surface area contributed by atoms with Crippen molar-refractivity contribution in [3.05, 3.63) is 57.9 Å². The van der Waals surface area contributed by atoms with Gasteiger partial charge in [0.25, 0.3) is 0 Å². The third-order valence-corrected chi connectivity index (χ3v) is 3.98.